The van der Waals surface area contributed by atoms with Gasteiger partial charge in [-0.05, 0) is 36.9 Å². The largest absolute Gasteiger partial charge is 0.365 e. The Morgan fingerprint density at radius 2 is 2.00 bits per heavy atom. The highest BCUT2D eigenvalue weighted by Gasteiger charge is 2.10. The Kier molecular flexibility index (Phi) is 4.45. The van der Waals surface area contributed by atoms with E-state index in [9.17, 15) is 0 Å². The molecule has 0 fully saturated rings. The van der Waals surface area contributed by atoms with Crippen LogP contribution in [0.5, 0.6) is 0 Å². The Labute approximate surface area is 138 Å². The fourth-order valence-electron chi connectivity index (χ4n) is 2.13. The zero-order chi connectivity index (χ0) is 15.5. The van der Waals surface area contributed by atoms with Gasteiger partial charge in [0, 0.05) is 17.6 Å². The van der Waals surface area contributed by atoms with Crippen molar-refractivity contribution in [2.24, 2.45) is 0 Å². The predicted molar refractivity (Wildman–Crippen MR) is 95.0 cm³/mol. The van der Waals surface area contributed by atoms with E-state index >= 15 is 0 Å². The van der Waals surface area contributed by atoms with E-state index in [-0.39, 0.29) is 6.04 Å². The average Bonchev–Trinajstić information content (AvgIpc) is 2.94. The lowest BCUT2D eigenvalue weighted by molar-refractivity contribution is 0.877. The summed E-state index contributed by atoms with van der Waals surface area (Å²) < 4.78 is 1.06. The van der Waals surface area contributed by atoms with Gasteiger partial charge in [-0.3, -0.25) is 0 Å². The van der Waals surface area contributed by atoms with Crippen LogP contribution < -0.4 is 10.6 Å². The molecule has 0 saturated heterocycles. The zero-order valence-electron chi connectivity index (χ0n) is 12.4. The summed E-state index contributed by atoms with van der Waals surface area (Å²) in [5.41, 5.74) is 2.00. The SMILES string of the molecule is CC(C)Nc1nc(NCc2ccccc2Cl)c2sccc2n1. The number of benzene rings is 1. The number of thiophene rings is 1. The van der Waals surface area contributed by atoms with Crippen molar-refractivity contribution in [3.8, 4) is 0 Å². The third-order valence-corrected chi connectivity index (χ3v) is 4.40. The van der Waals surface area contributed by atoms with Gasteiger partial charge in [-0.25, -0.2) is 4.98 Å². The van der Waals surface area contributed by atoms with Crippen molar-refractivity contribution in [1.29, 1.82) is 0 Å². The molecular formula is C16H17ClN4S. The minimum absolute atomic E-state index is 0.285. The van der Waals surface area contributed by atoms with Crippen LogP contribution in [0.2, 0.25) is 5.02 Å². The average molecular weight is 333 g/mol. The van der Waals surface area contributed by atoms with Crippen LogP contribution in [0.3, 0.4) is 0 Å². The molecule has 3 rings (SSSR count). The molecule has 2 aromatic heterocycles. The van der Waals surface area contributed by atoms with Crippen LogP contribution in [0.25, 0.3) is 10.2 Å². The summed E-state index contributed by atoms with van der Waals surface area (Å²) in [7, 11) is 0. The fourth-order valence-corrected chi connectivity index (χ4v) is 3.13. The molecule has 0 aliphatic carbocycles. The van der Waals surface area contributed by atoms with E-state index in [1.54, 1.807) is 11.3 Å². The summed E-state index contributed by atoms with van der Waals surface area (Å²) in [6.45, 7) is 4.76. The highest BCUT2D eigenvalue weighted by Crippen LogP contribution is 2.28. The first-order valence-corrected chi connectivity index (χ1v) is 8.38. The van der Waals surface area contributed by atoms with Gasteiger partial charge in [0.15, 0.2) is 0 Å². The Bertz CT molecular complexity index is 785. The van der Waals surface area contributed by atoms with E-state index in [2.05, 4.69) is 34.4 Å². The van der Waals surface area contributed by atoms with Crippen LogP contribution in [0.15, 0.2) is 35.7 Å². The molecule has 4 nitrogen and oxygen atoms in total. The van der Waals surface area contributed by atoms with E-state index in [1.165, 1.54) is 0 Å². The van der Waals surface area contributed by atoms with Gasteiger partial charge < -0.3 is 10.6 Å². The first-order chi connectivity index (χ1) is 10.6. The van der Waals surface area contributed by atoms with Crippen molar-refractivity contribution in [2.75, 3.05) is 10.6 Å². The molecule has 1 aromatic carbocycles. The van der Waals surface area contributed by atoms with Gasteiger partial charge in [0.2, 0.25) is 5.95 Å². The fraction of sp³-hybridized carbons (Fsp3) is 0.250. The molecule has 2 N–H and O–H groups in total. The van der Waals surface area contributed by atoms with Crippen LogP contribution in [0.1, 0.15) is 19.4 Å². The van der Waals surface area contributed by atoms with E-state index in [1.807, 2.05) is 35.7 Å². The van der Waals surface area contributed by atoms with Gasteiger partial charge in [0.05, 0.1) is 10.2 Å². The first kappa shape index (κ1) is 15.1. The molecule has 0 radical (unpaired) electrons. The van der Waals surface area contributed by atoms with Crippen LogP contribution in [0.4, 0.5) is 11.8 Å². The molecule has 0 atom stereocenters. The second-order valence-corrected chi connectivity index (χ2v) is 6.60. The molecule has 0 bridgehead atoms. The lowest BCUT2D eigenvalue weighted by Crippen LogP contribution is -2.13. The summed E-state index contributed by atoms with van der Waals surface area (Å²) in [5.74, 6) is 1.48. The lowest BCUT2D eigenvalue weighted by Gasteiger charge is -2.12. The highest BCUT2D eigenvalue weighted by molar-refractivity contribution is 7.17. The maximum absolute atomic E-state index is 6.21. The molecule has 0 spiro atoms. The zero-order valence-corrected chi connectivity index (χ0v) is 14.0. The monoisotopic (exact) mass is 332 g/mol. The van der Waals surface area contributed by atoms with Crippen molar-refractivity contribution < 1.29 is 0 Å². The number of rotatable bonds is 5. The summed E-state index contributed by atoms with van der Waals surface area (Å²) in [4.78, 5) is 9.12. The number of nitrogens with zero attached hydrogens (tertiary/aromatic N) is 2. The number of nitrogens with one attached hydrogen (secondary N) is 2. The molecule has 2 heterocycles. The smallest absolute Gasteiger partial charge is 0.225 e. The number of halogens is 1. The van der Waals surface area contributed by atoms with Crippen LogP contribution in [-0.4, -0.2) is 16.0 Å². The molecule has 0 saturated carbocycles. The first-order valence-electron chi connectivity index (χ1n) is 7.12. The number of anilines is 2. The van der Waals surface area contributed by atoms with Gasteiger partial charge >= 0.3 is 0 Å². The van der Waals surface area contributed by atoms with Gasteiger partial charge in [-0.2, -0.15) is 4.98 Å². The molecule has 6 heteroatoms. The summed E-state index contributed by atoms with van der Waals surface area (Å²) >= 11 is 7.84. The van der Waals surface area contributed by atoms with Gasteiger partial charge in [0.25, 0.3) is 0 Å². The predicted octanol–water partition coefficient (Wildman–Crippen LogP) is 4.78. The number of hydrogen-bond donors (Lipinski definition) is 2. The van der Waals surface area contributed by atoms with Crippen molar-refractivity contribution in [3.05, 3.63) is 46.3 Å². The quantitative estimate of drug-likeness (QED) is 0.706. The summed E-state index contributed by atoms with van der Waals surface area (Å²) in [5, 5.41) is 9.42. The number of aromatic nitrogens is 2. The third-order valence-electron chi connectivity index (χ3n) is 3.13. The maximum atomic E-state index is 6.21. The maximum Gasteiger partial charge on any atom is 0.225 e. The van der Waals surface area contributed by atoms with E-state index in [0.717, 1.165) is 26.6 Å². The topological polar surface area (TPSA) is 49.8 Å². The van der Waals surface area contributed by atoms with Crippen molar-refractivity contribution >= 4 is 44.9 Å². The lowest BCUT2D eigenvalue weighted by atomic mass is 10.2. The molecule has 114 valence electrons. The van der Waals surface area contributed by atoms with Gasteiger partial charge in [0.1, 0.15) is 5.82 Å². The summed E-state index contributed by atoms with van der Waals surface area (Å²) in [6, 6.07) is 10.1. The van der Waals surface area contributed by atoms with E-state index < -0.39 is 0 Å². The molecule has 0 unspecified atom stereocenters. The Morgan fingerprint density at radius 1 is 1.18 bits per heavy atom. The minimum atomic E-state index is 0.285. The summed E-state index contributed by atoms with van der Waals surface area (Å²) in [6.07, 6.45) is 0. The molecule has 0 aliphatic rings. The Balaban J connectivity index is 1.88. The third kappa shape index (κ3) is 3.31. The van der Waals surface area contributed by atoms with E-state index in [0.29, 0.717) is 12.5 Å². The Morgan fingerprint density at radius 3 is 2.77 bits per heavy atom. The van der Waals surface area contributed by atoms with Crippen molar-refractivity contribution in [1.82, 2.24) is 9.97 Å². The minimum Gasteiger partial charge on any atom is -0.365 e. The van der Waals surface area contributed by atoms with Crippen molar-refractivity contribution in [3.63, 3.8) is 0 Å². The van der Waals surface area contributed by atoms with Crippen LogP contribution in [-0.2, 0) is 6.54 Å². The van der Waals surface area contributed by atoms with Crippen LogP contribution >= 0.6 is 22.9 Å². The molecule has 3 aromatic rings. The molecular weight excluding hydrogens is 316 g/mol. The number of hydrogen-bond acceptors (Lipinski definition) is 5. The second kappa shape index (κ2) is 6.50. The van der Waals surface area contributed by atoms with Crippen molar-refractivity contribution in [2.45, 2.75) is 26.4 Å². The van der Waals surface area contributed by atoms with Gasteiger partial charge in [-0.15, -0.1) is 11.3 Å². The molecule has 0 amide bonds. The van der Waals surface area contributed by atoms with E-state index in [4.69, 9.17) is 11.6 Å². The standard InChI is InChI=1S/C16H17ClN4S/c1-10(2)19-16-20-13-7-8-22-14(13)15(21-16)18-9-11-5-3-4-6-12(11)17/h3-8,10H,9H2,1-2H3,(H2,18,19,20,21). The van der Waals surface area contributed by atoms with Crippen LogP contribution in [0, 0.1) is 0 Å². The van der Waals surface area contributed by atoms with Gasteiger partial charge in [-0.1, -0.05) is 29.8 Å². The Hall–Kier alpha value is -1.85. The molecule has 0 aliphatic heterocycles. The number of fused-ring (bicyclic) bond motifs is 1. The highest BCUT2D eigenvalue weighted by atomic mass is 35.5. The normalized spacial score (nSPS) is 11.1. The molecule has 22 heavy (non-hydrogen) atoms. The second-order valence-electron chi connectivity index (χ2n) is 5.27.